The third-order valence-corrected chi connectivity index (χ3v) is 5.70. The van der Waals surface area contributed by atoms with E-state index in [9.17, 15) is 0 Å². The van der Waals surface area contributed by atoms with Crippen LogP contribution in [0.2, 0.25) is 0 Å². The van der Waals surface area contributed by atoms with Gasteiger partial charge in [-0.05, 0) is 77.9 Å². The van der Waals surface area contributed by atoms with Crippen molar-refractivity contribution >= 4 is 21.9 Å². The molecule has 0 aliphatic rings. The summed E-state index contributed by atoms with van der Waals surface area (Å²) in [7, 11) is 0. The Labute approximate surface area is 165 Å². The standard InChI is InChI=1S/C27H22O/c1-17-7-4-5-9-22(17)24-15-20(12-11-18(24)2)21-13-14-26-25(16-21)23-10-6-8-19(3)27(23)28-26/h4-16H,1-3H3. The maximum Gasteiger partial charge on any atom is 0.138 e. The van der Waals surface area contributed by atoms with E-state index in [4.69, 9.17) is 4.42 Å². The van der Waals surface area contributed by atoms with Crippen LogP contribution in [0.5, 0.6) is 0 Å². The van der Waals surface area contributed by atoms with Gasteiger partial charge in [-0.3, -0.25) is 0 Å². The van der Waals surface area contributed by atoms with E-state index in [1.807, 2.05) is 0 Å². The van der Waals surface area contributed by atoms with Crippen LogP contribution in [-0.2, 0) is 0 Å². The molecule has 1 heteroatoms. The average Bonchev–Trinajstić information content (AvgIpc) is 3.08. The van der Waals surface area contributed by atoms with Crippen LogP contribution in [0.4, 0.5) is 0 Å². The zero-order valence-corrected chi connectivity index (χ0v) is 16.4. The highest BCUT2D eigenvalue weighted by atomic mass is 16.3. The van der Waals surface area contributed by atoms with E-state index in [-0.39, 0.29) is 0 Å². The number of aryl methyl sites for hydroxylation is 3. The minimum absolute atomic E-state index is 0.944. The lowest BCUT2D eigenvalue weighted by atomic mass is 9.92. The molecule has 0 fully saturated rings. The Balaban J connectivity index is 1.70. The largest absolute Gasteiger partial charge is 0.456 e. The third-order valence-electron chi connectivity index (χ3n) is 5.70. The molecule has 4 aromatic carbocycles. The molecule has 1 nitrogen and oxygen atoms in total. The molecule has 0 aliphatic carbocycles. The van der Waals surface area contributed by atoms with Crippen molar-refractivity contribution < 1.29 is 4.42 Å². The predicted octanol–water partition coefficient (Wildman–Crippen LogP) is 7.85. The molecular formula is C27H22O. The molecule has 28 heavy (non-hydrogen) atoms. The summed E-state index contributed by atoms with van der Waals surface area (Å²) in [6, 6.07) is 28.2. The molecule has 136 valence electrons. The van der Waals surface area contributed by atoms with E-state index in [1.165, 1.54) is 49.7 Å². The molecule has 0 atom stereocenters. The molecule has 1 aromatic heterocycles. The van der Waals surface area contributed by atoms with Gasteiger partial charge in [0.05, 0.1) is 0 Å². The molecule has 0 bridgehead atoms. The van der Waals surface area contributed by atoms with Crippen LogP contribution in [0, 0.1) is 20.8 Å². The van der Waals surface area contributed by atoms with Gasteiger partial charge in [-0.1, -0.05) is 60.7 Å². The topological polar surface area (TPSA) is 13.1 Å². The van der Waals surface area contributed by atoms with Crippen LogP contribution < -0.4 is 0 Å². The lowest BCUT2D eigenvalue weighted by molar-refractivity contribution is 0.666. The average molecular weight is 362 g/mol. The molecule has 0 spiro atoms. The van der Waals surface area contributed by atoms with E-state index >= 15 is 0 Å². The monoisotopic (exact) mass is 362 g/mol. The number of para-hydroxylation sites is 1. The fourth-order valence-electron chi connectivity index (χ4n) is 4.09. The Hall–Kier alpha value is -3.32. The van der Waals surface area contributed by atoms with Crippen LogP contribution in [0.25, 0.3) is 44.2 Å². The fourth-order valence-corrected chi connectivity index (χ4v) is 4.09. The number of hydrogen-bond acceptors (Lipinski definition) is 1. The first-order valence-electron chi connectivity index (χ1n) is 9.71. The zero-order chi connectivity index (χ0) is 19.3. The van der Waals surface area contributed by atoms with Crippen molar-refractivity contribution in [2.75, 3.05) is 0 Å². The van der Waals surface area contributed by atoms with Gasteiger partial charge >= 0.3 is 0 Å². The van der Waals surface area contributed by atoms with E-state index in [0.29, 0.717) is 0 Å². The van der Waals surface area contributed by atoms with Gasteiger partial charge in [-0.15, -0.1) is 0 Å². The van der Waals surface area contributed by atoms with Crippen LogP contribution >= 0.6 is 0 Å². The highest BCUT2D eigenvalue weighted by molar-refractivity contribution is 6.07. The second-order valence-corrected chi connectivity index (χ2v) is 7.61. The molecule has 0 radical (unpaired) electrons. The summed E-state index contributed by atoms with van der Waals surface area (Å²) < 4.78 is 6.10. The quantitative estimate of drug-likeness (QED) is 0.312. The summed E-state index contributed by atoms with van der Waals surface area (Å²) in [5.41, 5.74) is 10.7. The molecule has 0 amide bonds. The molecule has 1 heterocycles. The predicted molar refractivity (Wildman–Crippen MR) is 119 cm³/mol. The Morgan fingerprint density at radius 2 is 1.25 bits per heavy atom. The second kappa shape index (κ2) is 6.38. The van der Waals surface area contributed by atoms with Crippen molar-refractivity contribution in [3.05, 3.63) is 95.6 Å². The first-order chi connectivity index (χ1) is 13.6. The minimum Gasteiger partial charge on any atom is -0.456 e. The smallest absolute Gasteiger partial charge is 0.138 e. The van der Waals surface area contributed by atoms with Crippen LogP contribution in [-0.4, -0.2) is 0 Å². The summed E-state index contributed by atoms with van der Waals surface area (Å²) in [6.45, 7) is 6.45. The Bertz CT molecular complexity index is 1340. The van der Waals surface area contributed by atoms with E-state index in [0.717, 1.165) is 11.2 Å². The van der Waals surface area contributed by atoms with Gasteiger partial charge in [0.15, 0.2) is 0 Å². The van der Waals surface area contributed by atoms with Gasteiger partial charge < -0.3 is 4.42 Å². The Morgan fingerprint density at radius 1 is 0.536 bits per heavy atom. The maximum absolute atomic E-state index is 6.10. The third kappa shape index (κ3) is 2.63. The minimum atomic E-state index is 0.944. The molecule has 0 N–H and O–H groups in total. The van der Waals surface area contributed by atoms with Crippen molar-refractivity contribution in [2.24, 2.45) is 0 Å². The zero-order valence-electron chi connectivity index (χ0n) is 16.4. The van der Waals surface area contributed by atoms with Gasteiger partial charge in [0.25, 0.3) is 0 Å². The summed E-state index contributed by atoms with van der Waals surface area (Å²) in [6.07, 6.45) is 0. The number of rotatable bonds is 2. The normalized spacial score (nSPS) is 11.4. The van der Waals surface area contributed by atoms with Gasteiger partial charge in [-0.2, -0.15) is 0 Å². The molecule has 0 unspecified atom stereocenters. The molecular weight excluding hydrogens is 340 g/mol. The van der Waals surface area contributed by atoms with Gasteiger partial charge in [0.1, 0.15) is 11.2 Å². The van der Waals surface area contributed by atoms with E-state index < -0.39 is 0 Å². The van der Waals surface area contributed by atoms with Gasteiger partial charge in [-0.25, -0.2) is 0 Å². The molecule has 0 saturated carbocycles. The van der Waals surface area contributed by atoms with Crippen molar-refractivity contribution in [3.8, 4) is 22.3 Å². The number of fused-ring (bicyclic) bond motifs is 3. The molecule has 0 saturated heterocycles. The summed E-state index contributed by atoms with van der Waals surface area (Å²) in [4.78, 5) is 0. The fraction of sp³-hybridized carbons (Fsp3) is 0.111. The van der Waals surface area contributed by atoms with E-state index in [2.05, 4.69) is 99.6 Å². The van der Waals surface area contributed by atoms with Crippen LogP contribution in [0.3, 0.4) is 0 Å². The summed E-state index contributed by atoms with van der Waals surface area (Å²) >= 11 is 0. The highest BCUT2D eigenvalue weighted by Gasteiger charge is 2.11. The Morgan fingerprint density at radius 3 is 2.11 bits per heavy atom. The summed E-state index contributed by atoms with van der Waals surface area (Å²) in [5, 5.41) is 2.36. The summed E-state index contributed by atoms with van der Waals surface area (Å²) in [5.74, 6) is 0. The first-order valence-corrected chi connectivity index (χ1v) is 9.71. The van der Waals surface area contributed by atoms with E-state index in [1.54, 1.807) is 0 Å². The Kier molecular flexibility index (Phi) is 3.84. The molecule has 5 aromatic rings. The van der Waals surface area contributed by atoms with Crippen molar-refractivity contribution in [1.29, 1.82) is 0 Å². The van der Waals surface area contributed by atoms with Crippen molar-refractivity contribution in [2.45, 2.75) is 20.8 Å². The number of furan rings is 1. The lowest BCUT2D eigenvalue weighted by Gasteiger charge is -2.12. The van der Waals surface area contributed by atoms with Crippen molar-refractivity contribution in [3.63, 3.8) is 0 Å². The lowest BCUT2D eigenvalue weighted by Crippen LogP contribution is -1.88. The molecule has 5 rings (SSSR count). The number of benzene rings is 4. The number of hydrogen-bond donors (Lipinski definition) is 0. The van der Waals surface area contributed by atoms with Gasteiger partial charge in [0, 0.05) is 10.8 Å². The SMILES string of the molecule is Cc1ccccc1-c1cc(-c2ccc3oc4c(C)cccc4c3c2)ccc1C. The first kappa shape index (κ1) is 16.8. The molecule has 0 aliphatic heterocycles. The van der Waals surface area contributed by atoms with Gasteiger partial charge in [0.2, 0.25) is 0 Å². The van der Waals surface area contributed by atoms with Crippen molar-refractivity contribution in [1.82, 2.24) is 0 Å². The van der Waals surface area contributed by atoms with Crippen LogP contribution in [0.15, 0.2) is 83.3 Å². The second-order valence-electron chi connectivity index (χ2n) is 7.61. The highest BCUT2D eigenvalue weighted by Crippen LogP contribution is 2.36. The maximum atomic E-state index is 6.10. The van der Waals surface area contributed by atoms with Crippen LogP contribution in [0.1, 0.15) is 16.7 Å².